The molecule has 160 valence electrons. The first-order valence-corrected chi connectivity index (χ1v) is 11.5. The van der Waals surface area contributed by atoms with Crippen LogP contribution in [0.1, 0.15) is 116 Å². The monoisotopic (exact) mass is 372 g/mol. The maximum Gasteiger partial charge on any atom is 0.00104 e. The highest BCUT2D eigenvalue weighted by Crippen LogP contribution is 2.09. The van der Waals surface area contributed by atoms with Crippen LogP contribution in [0, 0.1) is 0 Å². The Labute approximate surface area is 165 Å². The molecule has 0 aliphatic carbocycles. The van der Waals surface area contributed by atoms with Crippen LogP contribution in [-0.2, 0) is 0 Å². The topological polar surface area (TPSA) is 104 Å². The summed E-state index contributed by atoms with van der Waals surface area (Å²) in [7, 11) is 0. The molecule has 0 saturated carbocycles. The Hall–Kier alpha value is -0.160. The molecule has 0 fully saturated rings. The third-order valence-corrected chi connectivity index (χ3v) is 4.77. The van der Waals surface area contributed by atoms with Gasteiger partial charge in [-0.15, -0.1) is 0 Å². The van der Waals surface area contributed by atoms with E-state index < -0.39 is 0 Å². The molecule has 1 unspecified atom stereocenters. The van der Waals surface area contributed by atoms with Crippen molar-refractivity contribution in [2.24, 2.45) is 22.9 Å². The molecule has 0 saturated heterocycles. The van der Waals surface area contributed by atoms with Crippen LogP contribution in [0.25, 0.3) is 0 Å². The molecule has 8 N–H and O–H groups in total. The number of hydrogen-bond acceptors (Lipinski definition) is 4. The summed E-state index contributed by atoms with van der Waals surface area (Å²) in [5.74, 6) is 0. The van der Waals surface area contributed by atoms with Gasteiger partial charge in [-0.3, -0.25) is 0 Å². The van der Waals surface area contributed by atoms with Crippen molar-refractivity contribution < 1.29 is 0 Å². The third-order valence-electron chi connectivity index (χ3n) is 4.77. The molecule has 0 aromatic rings. The second-order valence-electron chi connectivity index (χ2n) is 7.79. The SMILES string of the molecule is CC(N)CCCCCCCCCN.NCCCCCCCCCCCN. The Morgan fingerprint density at radius 2 is 0.654 bits per heavy atom. The second kappa shape index (κ2) is 27.1. The van der Waals surface area contributed by atoms with Crippen molar-refractivity contribution >= 4 is 0 Å². The van der Waals surface area contributed by atoms with Crippen molar-refractivity contribution in [2.75, 3.05) is 19.6 Å². The number of nitrogens with two attached hydrogens (primary N) is 4. The van der Waals surface area contributed by atoms with E-state index in [9.17, 15) is 0 Å². The van der Waals surface area contributed by atoms with Gasteiger partial charge < -0.3 is 22.9 Å². The number of hydrogen-bond donors (Lipinski definition) is 4. The summed E-state index contributed by atoms with van der Waals surface area (Å²) in [6.07, 6.45) is 22.4. The Morgan fingerprint density at radius 1 is 0.423 bits per heavy atom. The zero-order valence-electron chi connectivity index (χ0n) is 18.0. The van der Waals surface area contributed by atoms with E-state index in [0.29, 0.717) is 6.04 Å². The van der Waals surface area contributed by atoms with Gasteiger partial charge in [0.05, 0.1) is 0 Å². The minimum Gasteiger partial charge on any atom is -0.330 e. The van der Waals surface area contributed by atoms with Crippen LogP contribution in [0.4, 0.5) is 0 Å². The summed E-state index contributed by atoms with van der Waals surface area (Å²) in [6.45, 7) is 4.65. The molecule has 0 aliphatic heterocycles. The van der Waals surface area contributed by atoms with Gasteiger partial charge in [0.25, 0.3) is 0 Å². The zero-order valence-corrected chi connectivity index (χ0v) is 18.0. The average molecular weight is 373 g/mol. The molecule has 0 rings (SSSR count). The van der Waals surface area contributed by atoms with Crippen molar-refractivity contribution in [2.45, 2.75) is 122 Å². The van der Waals surface area contributed by atoms with Gasteiger partial charge in [0.2, 0.25) is 0 Å². The van der Waals surface area contributed by atoms with Crippen LogP contribution in [0.15, 0.2) is 0 Å². The van der Waals surface area contributed by atoms with Crippen molar-refractivity contribution in [1.82, 2.24) is 0 Å². The third kappa shape index (κ3) is 31.6. The van der Waals surface area contributed by atoms with Crippen LogP contribution in [-0.4, -0.2) is 25.7 Å². The first-order valence-electron chi connectivity index (χ1n) is 11.5. The molecule has 0 aromatic carbocycles. The van der Waals surface area contributed by atoms with Gasteiger partial charge in [0.15, 0.2) is 0 Å². The van der Waals surface area contributed by atoms with Crippen LogP contribution < -0.4 is 22.9 Å². The fourth-order valence-corrected chi connectivity index (χ4v) is 3.02. The molecule has 26 heavy (non-hydrogen) atoms. The van der Waals surface area contributed by atoms with Crippen LogP contribution in [0.2, 0.25) is 0 Å². The standard InChI is InChI=1S/2C11H26N2/c1-11(13)9-7-5-3-2-4-6-8-10-12;12-10-8-6-4-2-1-3-5-7-9-11-13/h11H,2-10,12-13H2,1H3;1-13H2. The van der Waals surface area contributed by atoms with E-state index in [2.05, 4.69) is 6.92 Å². The fraction of sp³-hybridized carbons (Fsp3) is 1.00. The molecular formula is C22H52N4. The van der Waals surface area contributed by atoms with E-state index in [0.717, 1.165) is 19.6 Å². The van der Waals surface area contributed by atoms with Gasteiger partial charge in [0, 0.05) is 6.04 Å². The van der Waals surface area contributed by atoms with E-state index in [1.807, 2.05) is 0 Å². The molecule has 0 aromatic heterocycles. The quantitative estimate of drug-likeness (QED) is 0.244. The van der Waals surface area contributed by atoms with Crippen molar-refractivity contribution in [3.63, 3.8) is 0 Å². The first kappa shape index (κ1) is 28.1. The van der Waals surface area contributed by atoms with Gasteiger partial charge in [-0.05, 0) is 52.2 Å². The van der Waals surface area contributed by atoms with Crippen molar-refractivity contribution in [3.05, 3.63) is 0 Å². The maximum absolute atomic E-state index is 5.66. The van der Waals surface area contributed by atoms with Gasteiger partial charge in [-0.25, -0.2) is 0 Å². The molecule has 4 heteroatoms. The minimum atomic E-state index is 0.386. The second-order valence-corrected chi connectivity index (χ2v) is 7.79. The Balaban J connectivity index is 0. The Morgan fingerprint density at radius 3 is 0.885 bits per heavy atom. The lowest BCUT2D eigenvalue weighted by Crippen LogP contribution is -2.13. The largest absolute Gasteiger partial charge is 0.330 e. The smallest absolute Gasteiger partial charge is 0.00104 e. The molecule has 4 nitrogen and oxygen atoms in total. The van der Waals surface area contributed by atoms with Crippen molar-refractivity contribution in [3.8, 4) is 0 Å². The van der Waals surface area contributed by atoms with Crippen LogP contribution >= 0.6 is 0 Å². The lowest BCUT2D eigenvalue weighted by Gasteiger charge is -2.04. The van der Waals surface area contributed by atoms with Gasteiger partial charge in [0.1, 0.15) is 0 Å². The summed E-state index contributed by atoms with van der Waals surface area (Å²) in [4.78, 5) is 0. The summed E-state index contributed by atoms with van der Waals surface area (Å²) in [5, 5.41) is 0. The summed E-state index contributed by atoms with van der Waals surface area (Å²) in [6, 6.07) is 0.386. The summed E-state index contributed by atoms with van der Waals surface area (Å²) >= 11 is 0. The zero-order chi connectivity index (χ0) is 19.7. The van der Waals surface area contributed by atoms with E-state index in [1.54, 1.807) is 0 Å². The molecule has 0 radical (unpaired) electrons. The molecule has 0 heterocycles. The maximum atomic E-state index is 5.66. The van der Waals surface area contributed by atoms with Gasteiger partial charge in [-0.2, -0.15) is 0 Å². The lowest BCUT2D eigenvalue weighted by molar-refractivity contribution is 0.544. The fourth-order valence-electron chi connectivity index (χ4n) is 3.02. The van der Waals surface area contributed by atoms with E-state index in [-0.39, 0.29) is 0 Å². The highest BCUT2D eigenvalue weighted by Gasteiger charge is 1.94. The minimum absolute atomic E-state index is 0.386. The average Bonchev–Trinajstić information content (AvgIpc) is 2.63. The van der Waals surface area contributed by atoms with Gasteiger partial charge >= 0.3 is 0 Å². The molecular weight excluding hydrogens is 320 g/mol. The van der Waals surface area contributed by atoms with Crippen molar-refractivity contribution in [1.29, 1.82) is 0 Å². The normalized spacial score (nSPS) is 11.9. The highest BCUT2D eigenvalue weighted by atomic mass is 14.6. The van der Waals surface area contributed by atoms with E-state index in [1.165, 1.54) is 109 Å². The van der Waals surface area contributed by atoms with Crippen LogP contribution in [0.5, 0.6) is 0 Å². The molecule has 0 spiro atoms. The first-order chi connectivity index (χ1) is 12.7. The van der Waals surface area contributed by atoms with Gasteiger partial charge in [-0.1, -0.05) is 83.5 Å². The number of unbranched alkanes of at least 4 members (excludes halogenated alkanes) is 14. The van der Waals surface area contributed by atoms with Crippen LogP contribution in [0.3, 0.4) is 0 Å². The number of rotatable bonds is 19. The molecule has 1 atom stereocenters. The predicted octanol–water partition coefficient (Wildman–Crippen LogP) is 4.83. The molecule has 0 bridgehead atoms. The summed E-state index contributed by atoms with van der Waals surface area (Å²) < 4.78 is 0. The lowest BCUT2D eigenvalue weighted by atomic mass is 10.1. The highest BCUT2D eigenvalue weighted by molar-refractivity contribution is 4.53. The predicted molar refractivity (Wildman–Crippen MR) is 119 cm³/mol. The molecule has 0 aliphatic rings. The molecule has 0 amide bonds. The Bertz CT molecular complexity index is 212. The van der Waals surface area contributed by atoms with E-state index in [4.69, 9.17) is 22.9 Å². The Kier molecular flexibility index (Phi) is 29.2. The van der Waals surface area contributed by atoms with E-state index >= 15 is 0 Å². The summed E-state index contributed by atoms with van der Waals surface area (Å²) in [5.41, 5.74) is 21.9.